The molecule has 1 saturated heterocycles. The topological polar surface area (TPSA) is 254 Å². The van der Waals surface area contributed by atoms with Gasteiger partial charge >= 0.3 is 0 Å². The number of likely N-dealkylation sites (N-methyl/N-ethyl adjacent to an activating group) is 1. The Bertz CT molecular complexity index is 835. The van der Waals surface area contributed by atoms with Crippen molar-refractivity contribution in [3.8, 4) is 0 Å². The molecule has 3 aliphatic rings. The lowest BCUT2D eigenvalue weighted by Crippen LogP contribution is -2.69. The summed E-state index contributed by atoms with van der Waals surface area (Å²) in [6.07, 6.45) is -4.33. The van der Waals surface area contributed by atoms with Crippen LogP contribution in [0.25, 0.3) is 0 Å². The van der Waals surface area contributed by atoms with Crippen LogP contribution in [-0.2, 0) is 19.0 Å². The molecule has 0 radical (unpaired) electrons. The van der Waals surface area contributed by atoms with E-state index in [1.807, 2.05) is 0 Å². The summed E-state index contributed by atoms with van der Waals surface area (Å²) in [5.41, 5.74) is 11.5. The maximum absolute atomic E-state index is 12.1. The van der Waals surface area contributed by atoms with Crippen LogP contribution in [0.4, 0.5) is 0 Å². The van der Waals surface area contributed by atoms with E-state index >= 15 is 0 Å². The summed E-state index contributed by atoms with van der Waals surface area (Å²) in [6.45, 7) is 0.572. The second kappa shape index (κ2) is 13.9. The van der Waals surface area contributed by atoms with Crippen molar-refractivity contribution < 1.29 is 49.6 Å². The van der Waals surface area contributed by atoms with Crippen LogP contribution in [0.1, 0.15) is 19.8 Å². The monoisotopic (exact) mass is 563 g/mol. The van der Waals surface area contributed by atoms with Crippen molar-refractivity contribution in [3.63, 3.8) is 0 Å². The van der Waals surface area contributed by atoms with Crippen LogP contribution in [0.15, 0.2) is 11.8 Å². The molecule has 0 aromatic rings. The fourth-order valence-corrected chi connectivity index (χ4v) is 5.64. The average Bonchev–Trinajstić information content (AvgIpc) is 2.88. The first-order chi connectivity index (χ1) is 18.4. The summed E-state index contributed by atoms with van der Waals surface area (Å²) >= 11 is 0. The number of nitrogens with one attached hydrogen (secondary N) is 3. The third-order valence-electron chi connectivity index (χ3n) is 7.67. The lowest BCUT2D eigenvalue weighted by Gasteiger charge is -2.50. The molecule has 1 amide bonds. The van der Waals surface area contributed by atoms with E-state index in [0.717, 1.165) is 0 Å². The number of ether oxygens (including phenoxy) is 3. The SMILES string of the molecule is CN[C@@H]1[C@@H](O)[C@@H](O[C@H]2[C@H](NC(=O)CO)C[C@H](N)C([C@H]3OC(CNCC(O)CO)=CC[C@H]3N)[C@@H]2O)OC[C@]1(C)O. The normalized spacial score (nSPS) is 41.8. The van der Waals surface area contributed by atoms with Gasteiger partial charge in [0.1, 0.15) is 36.3 Å². The van der Waals surface area contributed by atoms with E-state index < -0.39 is 85.0 Å². The van der Waals surface area contributed by atoms with Crippen LogP contribution in [0.2, 0.25) is 0 Å². The highest BCUT2D eigenvalue weighted by atomic mass is 16.7. The first kappa shape index (κ1) is 32.0. The summed E-state index contributed by atoms with van der Waals surface area (Å²) in [5.74, 6) is -0.910. The first-order valence-corrected chi connectivity index (χ1v) is 13.2. The number of hydrogen-bond acceptors (Lipinski definition) is 14. The quantitative estimate of drug-likeness (QED) is 0.112. The van der Waals surface area contributed by atoms with E-state index in [4.69, 9.17) is 30.8 Å². The van der Waals surface area contributed by atoms with E-state index in [1.54, 1.807) is 13.1 Å². The van der Waals surface area contributed by atoms with Gasteiger partial charge in [0.25, 0.3) is 0 Å². The maximum atomic E-state index is 12.1. The van der Waals surface area contributed by atoms with E-state index in [2.05, 4.69) is 16.0 Å². The number of nitrogens with two attached hydrogens (primary N) is 2. The lowest BCUT2D eigenvalue weighted by molar-refractivity contribution is -0.297. The zero-order valence-corrected chi connectivity index (χ0v) is 22.3. The largest absolute Gasteiger partial charge is 0.492 e. The van der Waals surface area contributed by atoms with Crippen molar-refractivity contribution in [3.05, 3.63) is 11.8 Å². The van der Waals surface area contributed by atoms with Crippen LogP contribution in [0, 0.1) is 5.92 Å². The minimum Gasteiger partial charge on any atom is -0.492 e. The number of carbonyl (C=O) groups excluding carboxylic acids is 1. The van der Waals surface area contributed by atoms with Crippen molar-refractivity contribution in [1.29, 1.82) is 0 Å². The highest BCUT2D eigenvalue weighted by Crippen LogP contribution is 2.36. The first-order valence-electron chi connectivity index (χ1n) is 13.2. The number of rotatable bonds is 11. The highest BCUT2D eigenvalue weighted by Gasteiger charge is 2.53. The molecule has 0 spiro atoms. The van der Waals surface area contributed by atoms with Crippen LogP contribution >= 0.6 is 0 Å². The lowest BCUT2D eigenvalue weighted by atomic mass is 9.72. The second-order valence-corrected chi connectivity index (χ2v) is 10.8. The van der Waals surface area contributed by atoms with Gasteiger partial charge in [-0.25, -0.2) is 0 Å². The average molecular weight is 564 g/mol. The van der Waals surface area contributed by atoms with Gasteiger partial charge in [-0.05, 0) is 32.9 Å². The predicted octanol–water partition coefficient (Wildman–Crippen LogP) is -5.44. The Hall–Kier alpha value is -1.47. The van der Waals surface area contributed by atoms with Crippen LogP contribution in [-0.4, -0.2) is 143 Å². The van der Waals surface area contributed by atoms with E-state index in [9.17, 15) is 30.3 Å². The molecule has 2 unspecified atom stereocenters. The minimum absolute atomic E-state index is 0.140. The third-order valence-corrected chi connectivity index (χ3v) is 7.67. The summed E-state index contributed by atoms with van der Waals surface area (Å²) in [7, 11) is 1.58. The van der Waals surface area contributed by atoms with Crippen molar-refractivity contribution in [2.75, 3.05) is 40.0 Å². The summed E-state index contributed by atoms with van der Waals surface area (Å²) in [5, 5.41) is 69.3. The van der Waals surface area contributed by atoms with Gasteiger partial charge in [-0.1, -0.05) is 0 Å². The van der Waals surface area contributed by atoms with Crippen molar-refractivity contribution in [2.24, 2.45) is 17.4 Å². The molecule has 3 rings (SSSR count). The van der Waals surface area contributed by atoms with Crippen LogP contribution in [0.3, 0.4) is 0 Å². The summed E-state index contributed by atoms with van der Waals surface area (Å²) in [4.78, 5) is 12.1. The zero-order valence-electron chi connectivity index (χ0n) is 22.3. The number of aliphatic hydroxyl groups excluding tert-OH is 5. The third kappa shape index (κ3) is 7.63. The van der Waals surface area contributed by atoms with Gasteiger partial charge in [-0.2, -0.15) is 0 Å². The van der Waals surface area contributed by atoms with Gasteiger partial charge < -0.3 is 72.3 Å². The van der Waals surface area contributed by atoms with Crippen molar-refractivity contribution in [1.82, 2.24) is 16.0 Å². The van der Waals surface area contributed by atoms with Gasteiger partial charge in [-0.3, -0.25) is 4.79 Å². The molecule has 2 fully saturated rings. The smallest absolute Gasteiger partial charge is 0.246 e. The Morgan fingerprint density at radius 1 is 1.26 bits per heavy atom. The highest BCUT2D eigenvalue weighted by molar-refractivity contribution is 5.77. The standard InChI is InChI=1S/C24H45N5O10/c1-24(36)10-37-23(19(35)22(24)27-2)39-21-15(29-16(33)9-31)5-14(26)17(18(21)34)20-13(25)4-3-12(38-20)7-28-6-11(32)8-30/h3,11,13-15,17-23,27-28,30-32,34-36H,4-10,25-26H2,1-2H3,(H,29,33)/t11?,13-,14+,15-,17?,18+,19-,20+,21+,22-,23-,24+/m1/s1. The molecule has 15 nitrogen and oxygen atoms in total. The van der Waals surface area contributed by atoms with Crippen molar-refractivity contribution in [2.45, 2.75) is 86.3 Å². The number of amides is 1. The fourth-order valence-electron chi connectivity index (χ4n) is 5.64. The van der Waals surface area contributed by atoms with Gasteiger partial charge in [-0.15, -0.1) is 0 Å². The van der Waals surface area contributed by atoms with Gasteiger partial charge in [0, 0.05) is 24.5 Å². The fraction of sp³-hybridized carbons (Fsp3) is 0.875. The van der Waals surface area contributed by atoms with E-state index in [0.29, 0.717) is 12.2 Å². The second-order valence-electron chi connectivity index (χ2n) is 10.8. The van der Waals surface area contributed by atoms with E-state index in [-0.39, 0.29) is 32.7 Å². The predicted molar refractivity (Wildman–Crippen MR) is 137 cm³/mol. The molecule has 226 valence electrons. The Morgan fingerprint density at radius 3 is 2.62 bits per heavy atom. The molecule has 39 heavy (non-hydrogen) atoms. The van der Waals surface area contributed by atoms with Gasteiger partial charge in [0.15, 0.2) is 6.29 Å². The molecule has 0 aromatic carbocycles. The molecular formula is C24H45N5O10. The summed E-state index contributed by atoms with van der Waals surface area (Å²) < 4.78 is 17.8. The molecule has 15 heteroatoms. The van der Waals surface area contributed by atoms with Crippen LogP contribution in [0.5, 0.6) is 0 Å². The van der Waals surface area contributed by atoms with E-state index in [1.165, 1.54) is 6.92 Å². The molecule has 2 aliphatic heterocycles. The molecule has 13 N–H and O–H groups in total. The Kier molecular flexibility index (Phi) is 11.5. The summed E-state index contributed by atoms with van der Waals surface area (Å²) in [6, 6.07) is -2.85. The Morgan fingerprint density at radius 2 is 1.97 bits per heavy atom. The molecular weight excluding hydrogens is 518 g/mol. The Balaban J connectivity index is 1.79. The molecule has 1 saturated carbocycles. The number of hydrogen-bond donors (Lipinski definition) is 11. The Labute approximate surface area is 227 Å². The van der Waals surface area contributed by atoms with Crippen LogP contribution < -0.4 is 27.4 Å². The van der Waals surface area contributed by atoms with Gasteiger partial charge in [0.2, 0.25) is 5.91 Å². The number of aliphatic hydroxyl groups is 6. The van der Waals surface area contributed by atoms with Gasteiger partial charge in [0.05, 0.1) is 44.1 Å². The maximum Gasteiger partial charge on any atom is 0.246 e. The molecule has 2 heterocycles. The minimum atomic E-state index is -1.39. The molecule has 0 bridgehead atoms. The molecule has 12 atom stereocenters. The zero-order chi connectivity index (χ0) is 28.9. The van der Waals surface area contributed by atoms with Crippen molar-refractivity contribution >= 4 is 5.91 Å². The molecule has 1 aliphatic carbocycles. The number of carbonyl (C=O) groups is 1. The molecule has 0 aromatic heterocycles.